The van der Waals surface area contributed by atoms with Crippen molar-refractivity contribution >= 4 is 5.91 Å². The predicted octanol–water partition coefficient (Wildman–Crippen LogP) is 4.04. The molecule has 2 N–H and O–H groups in total. The molecule has 0 aromatic carbocycles. The van der Waals surface area contributed by atoms with Crippen LogP contribution in [0.3, 0.4) is 0 Å². The molecule has 1 amide bonds. The highest BCUT2D eigenvalue weighted by molar-refractivity contribution is 5.73. The van der Waals surface area contributed by atoms with E-state index in [1.54, 1.807) is 6.92 Å². The van der Waals surface area contributed by atoms with Crippen LogP contribution in [0.1, 0.15) is 85.5 Å². The third-order valence-corrected chi connectivity index (χ3v) is 2.93. The van der Waals surface area contributed by atoms with E-state index < -0.39 is 0 Å². The van der Waals surface area contributed by atoms with Gasteiger partial charge in [0, 0.05) is 13.0 Å². The van der Waals surface area contributed by atoms with Gasteiger partial charge in [-0.25, -0.2) is 0 Å². The zero-order valence-electron chi connectivity index (χ0n) is 13.5. The van der Waals surface area contributed by atoms with Gasteiger partial charge < -0.3 is 10.4 Å². The minimum Gasteiger partial charge on any atom is -0.394 e. The number of amides is 1. The lowest BCUT2D eigenvalue weighted by molar-refractivity contribution is -0.119. The molecule has 3 nitrogen and oxygen atoms in total. The number of hydrogen-bond acceptors (Lipinski definition) is 2. The largest absolute Gasteiger partial charge is 0.394 e. The van der Waals surface area contributed by atoms with E-state index >= 15 is 0 Å². The summed E-state index contributed by atoms with van der Waals surface area (Å²) < 4.78 is 0. The number of hydrogen-bond donors (Lipinski definition) is 2. The van der Waals surface area contributed by atoms with E-state index in [2.05, 4.69) is 19.2 Å². The molecule has 0 rings (SSSR count). The van der Waals surface area contributed by atoms with Crippen molar-refractivity contribution in [1.29, 1.82) is 0 Å². The molecule has 0 radical (unpaired) electrons. The number of nitrogens with one attached hydrogen (secondary N) is 1. The maximum atomic E-state index is 10.2. The number of carbonyl (C=O) groups excluding carboxylic acids is 1. The van der Waals surface area contributed by atoms with Gasteiger partial charge in [-0.1, -0.05) is 71.6 Å². The third-order valence-electron chi connectivity index (χ3n) is 2.93. The normalized spacial score (nSPS) is 11.4. The second kappa shape index (κ2) is 17.4. The standard InChI is InChI=1S/C11H24.C5H11NO2/c1-3-5-7-9-11-10-8-6-4-2;1-4(3-7)6-5(2)8/h3-11H2,1-2H3;4,7H,3H2,1-2H3,(H,6,8)/t;4-/m.0/s1. The molecule has 0 aliphatic carbocycles. The SMILES string of the molecule is CC(=O)N[C@@H](C)CO.CCCCCCCCCCC. The lowest BCUT2D eigenvalue weighted by atomic mass is 10.1. The van der Waals surface area contributed by atoms with Crippen molar-refractivity contribution in [2.24, 2.45) is 0 Å². The molecular formula is C16H35NO2. The molecule has 0 aromatic rings. The van der Waals surface area contributed by atoms with E-state index in [1.165, 1.54) is 64.7 Å². The van der Waals surface area contributed by atoms with E-state index in [9.17, 15) is 4.79 Å². The number of aliphatic hydroxyl groups excluding tert-OH is 1. The molecule has 0 aliphatic heterocycles. The second-order valence-corrected chi connectivity index (χ2v) is 5.26. The van der Waals surface area contributed by atoms with Gasteiger partial charge in [-0.2, -0.15) is 0 Å². The van der Waals surface area contributed by atoms with Gasteiger partial charge >= 0.3 is 0 Å². The van der Waals surface area contributed by atoms with Crippen molar-refractivity contribution in [3.8, 4) is 0 Å². The topological polar surface area (TPSA) is 49.3 Å². The Morgan fingerprint density at radius 3 is 1.53 bits per heavy atom. The second-order valence-electron chi connectivity index (χ2n) is 5.26. The number of rotatable bonds is 10. The molecule has 0 saturated carbocycles. The summed E-state index contributed by atoms with van der Waals surface area (Å²) in [6.07, 6.45) is 13.0. The van der Waals surface area contributed by atoms with Crippen LogP contribution in [0.15, 0.2) is 0 Å². The van der Waals surface area contributed by atoms with Gasteiger partial charge in [0.2, 0.25) is 5.91 Å². The highest BCUT2D eigenvalue weighted by Gasteiger charge is 1.97. The van der Waals surface area contributed by atoms with Crippen LogP contribution in [-0.4, -0.2) is 23.7 Å². The smallest absolute Gasteiger partial charge is 0.217 e. The van der Waals surface area contributed by atoms with Crippen molar-refractivity contribution in [1.82, 2.24) is 5.32 Å². The summed E-state index contributed by atoms with van der Waals surface area (Å²) in [7, 11) is 0. The first kappa shape index (κ1) is 20.7. The average Bonchev–Trinajstić information content (AvgIpc) is 2.38. The fraction of sp³-hybridized carbons (Fsp3) is 0.938. The molecule has 0 fully saturated rings. The quantitative estimate of drug-likeness (QED) is 0.590. The Labute approximate surface area is 120 Å². The fourth-order valence-electron chi connectivity index (χ4n) is 1.78. The van der Waals surface area contributed by atoms with Crippen molar-refractivity contribution in [2.75, 3.05) is 6.61 Å². The van der Waals surface area contributed by atoms with Crippen LogP contribution < -0.4 is 5.32 Å². The fourth-order valence-corrected chi connectivity index (χ4v) is 1.78. The van der Waals surface area contributed by atoms with Gasteiger partial charge in [0.25, 0.3) is 0 Å². The first-order valence-electron chi connectivity index (χ1n) is 7.96. The van der Waals surface area contributed by atoms with Gasteiger partial charge in [-0.15, -0.1) is 0 Å². The zero-order valence-corrected chi connectivity index (χ0v) is 13.5. The van der Waals surface area contributed by atoms with E-state index in [1.807, 2.05) is 0 Å². The molecule has 0 spiro atoms. The number of aliphatic hydroxyl groups is 1. The summed E-state index contributed by atoms with van der Waals surface area (Å²) in [5.41, 5.74) is 0. The maximum absolute atomic E-state index is 10.2. The molecule has 0 bridgehead atoms. The Hall–Kier alpha value is -0.570. The summed E-state index contributed by atoms with van der Waals surface area (Å²) in [5.74, 6) is -0.105. The third kappa shape index (κ3) is 23.0. The van der Waals surface area contributed by atoms with E-state index in [0.717, 1.165) is 0 Å². The molecule has 0 aromatic heterocycles. The van der Waals surface area contributed by atoms with Crippen LogP contribution in [-0.2, 0) is 4.79 Å². The monoisotopic (exact) mass is 273 g/mol. The molecule has 116 valence electrons. The van der Waals surface area contributed by atoms with Gasteiger partial charge in [0.05, 0.1) is 6.61 Å². The highest BCUT2D eigenvalue weighted by atomic mass is 16.3. The van der Waals surface area contributed by atoms with Crippen LogP contribution in [0.4, 0.5) is 0 Å². The Balaban J connectivity index is 0. The molecule has 0 heterocycles. The first-order valence-corrected chi connectivity index (χ1v) is 7.96. The van der Waals surface area contributed by atoms with Crippen molar-refractivity contribution in [3.63, 3.8) is 0 Å². The van der Waals surface area contributed by atoms with Crippen molar-refractivity contribution in [3.05, 3.63) is 0 Å². The summed E-state index contributed by atoms with van der Waals surface area (Å²) >= 11 is 0. The molecule has 1 atom stereocenters. The summed E-state index contributed by atoms with van der Waals surface area (Å²) in [5, 5.41) is 10.9. The Kier molecular flexibility index (Phi) is 19.0. The first-order chi connectivity index (χ1) is 9.08. The summed E-state index contributed by atoms with van der Waals surface area (Å²) in [6.45, 7) is 7.71. The molecule has 3 heteroatoms. The summed E-state index contributed by atoms with van der Waals surface area (Å²) in [6, 6.07) is -0.118. The average molecular weight is 273 g/mol. The van der Waals surface area contributed by atoms with Crippen LogP contribution in [0.2, 0.25) is 0 Å². The summed E-state index contributed by atoms with van der Waals surface area (Å²) in [4.78, 5) is 10.2. The van der Waals surface area contributed by atoms with Gasteiger partial charge in [0.15, 0.2) is 0 Å². The molecule has 19 heavy (non-hydrogen) atoms. The van der Waals surface area contributed by atoms with Crippen molar-refractivity contribution < 1.29 is 9.90 Å². The van der Waals surface area contributed by atoms with Crippen LogP contribution in [0.25, 0.3) is 0 Å². The highest BCUT2D eigenvalue weighted by Crippen LogP contribution is 2.08. The van der Waals surface area contributed by atoms with Crippen LogP contribution in [0.5, 0.6) is 0 Å². The van der Waals surface area contributed by atoms with Gasteiger partial charge in [0.1, 0.15) is 0 Å². The lowest BCUT2D eigenvalue weighted by Crippen LogP contribution is -2.32. The minimum atomic E-state index is -0.118. The predicted molar refractivity (Wildman–Crippen MR) is 83.3 cm³/mol. The van der Waals surface area contributed by atoms with Crippen LogP contribution in [0, 0.1) is 0 Å². The molecular weight excluding hydrogens is 238 g/mol. The molecule has 0 unspecified atom stereocenters. The Morgan fingerprint density at radius 1 is 0.947 bits per heavy atom. The van der Waals surface area contributed by atoms with Crippen LogP contribution >= 0.6 is 0 Å². The van der Waals surface area contributed by atoms with Gasteiger partial charge in [-0.3, -0.25) is 4.79 Å². The van der Waals surface area contributed by atoms with E-state index in [4.69, 9.17) is 5.11 Å². The number of unbranched alkanes of at least 4 members (excludes halogenated alkanes) is 8. The molecule has 0 aliphatic rings. The Bertz CT molecular complexity index is 176. The minimum absolute atomic E-state index is 0.000417. The maximum Gasteiger partial charge on any atom is 0.217 e. The van der Waals surface area contributed by atoms with E-state index in [-0.39, 0.29) is 18.6 Å². The number of carbonyl (C=O) groups is 1. The van der Waals surface area contributed by atoms with Gasteiger partial charge in [-0.05, 0) is 6.92 Å². The van der Waals surface area contributed by atoms with E-state index in [0.29, 0.717) is 0 Å². The lowest BCUT2D eigenvalue weighted by Gasteiger charge is -2.06. The Morgan fingerprint density at radius 2 is 1.32 bits per heavy atom. The van der Waals surface area contributed by atoms with Crippen molar-refractivity contribution in [2.45, 2.75) is 91.5 Å². The molecule has 0 saturated heterocycles. The zero-order chi connectivity index (χ0) is 14.9.